The van der Waals surface area contributed by atoms with Crippen molar-refractivity contribution >= 4 is 27.6 Å². The summed E-state index contributed by atoms with van der Waals surface area (Å²) in [5.74, 6) is 5.26. The zero-order chi connectivity index (χ0) is 9.84. The molecule has 0 aromatic heterocycles. The molecule has 0 aliphatic heterocycles. The van der Waals surface area contributed by atoms with Crippen LogP contribution in [-0.2, 0) is 0 Å². The Balaban J connectivity index is 2.98. The van der Waals surface area contributed by atoms with Crippen molar-refractivity contribution in [1.29, 1.82) is 0 Å². The summed E-state index contributed by atoms with van der Waals surface area (Å²) >= 11 is 3.40. The first kappa shape index (κ1) is 10.0. The number of nitrogens with two attached hydrogens (primary N) is 2. The van der Waals surface area contributed by atoms with Crippen molar-refractivity contribution in [1.82, 2.24) is 5.43 Å². The van der Waals surface area contributed by atoms with Crippen LogP contribution in [0.25, 0.3) is 0 Å². The standard InChI is InChI=1S/C8H11BrN4/c1-5-2-3-6(4-7(5)9)12-8(10)13-11/h2-4H,11H2,1H3,(H3,10,12,13). The van der Waals surface area contributed by atoms with Crippen LogP contribution in [0.3, 0.4) is 0 Å². The Labute approximate surface area is 85.1 Å². The van der Waals surface area contributed by atoms with Crippen LogP contribution in [0, 0.1) is 6.92 Å². The van der Waals surface area contributed by atoms with Crippen LogP contribution in [0.15, 0.2) is 27.7 Å². The summed E-state index contributed by atoms with van der Waals surface area (Å²) in [4.78, 5) is 4.01. The van der Waals surface area contributed by atoms with Gasteiger partial charge >= 0.3 is 0 Å². The quantitative estimate of drug-likeness (QED) is 0.300. The molecule has 0 atom stereocenters. The minimum absolute atomic E-state index is 0.191. The summed E-state index contributed by atoms with van der Waals surface area (Å²) in [6, 6.07) is 5.69. The van der Waals surface area contributed by atoms with E-state index in [1.165, 1.54) is 0 Å². The fourth-order valence-corrected chi connectivity index (χ4v) is 1.19. The zero-order valence-electron chi connectivity index (χ0n) is 7.21. The molecule has 0 fully saturated rings. The molecule has 0 bridgehead atoms. The number of guanidine groups is 1. The van der Waals surface area contributed by atoms with Crippen molar-refractivity contribution in [3.8, 4) is 0 Å². The van der Waals surface area contributed by atoms with Crippen LogP contribution >= 0.6 is 15.9 Å². The number of aryl methyl sites for hydroxylation is 1. The summed E-state index contributed by atoms with van der Waals surface area (Å²) in [5.41, 5.74) is 9.56. The molecule has 0 unspecified atom stereocenters. The number of hydrogen-bond donors (Lipinski definition) is 3. The lowest BCUT2D eigenvalue weighted by atomic mass is 10.2. The first-order valence-corrected chi connectivity index (χ1v) is 4.49. The molecule has 4 nitrogen and oxygen atoms in total. The van der Waals surface area contributed by atoms with Crippen molar-refractivity contribution in [2.24, 2.45) is 16.6 Å². The summed E-state index contributed by atoms with van der Waals surface area (Å²) in [6.45, 7) is 2.00. The molecule has 1 aromatic carbocycles. The Morgan fingerprint density at radius 3 is 2.77 bits per heavy atom. The number of hydrogen-bond acceptors (Lipinski definition) is 2. The second kappa shape index (κ2) is 4.25. The molecule has 0 heterocycles. The third kappa shape index (κ3) is 2.71. The lowest BCUT2D eigenvalue weighted by Crippen LogP contribution is -2.36. The highest BCUT2D eigenvalue weighted by Gasteiger charge is 1.96. The van der Waals surface area contributed by atoms with Crippen LogP contribution in [0.4, 0.5) is 5.69 Å². The number of nitrogens with zero attached hydrogens (tertiary/aromatic N) is 1. The molecular weight excluding hydrogens is 232 g/mol. The zero-order valence-corrected chi connectivity index (χ0v) is 8.80. The normalized spacial score (nSPS) is 11.5. The maximum absolute atomic E-state index is 5.39. The first-order valence-electron chi connectivity index (χ1n) is 3.70. The van der Waals surface area contributed by atoms with Gasteiger partial charge in [-0.3, -0.25) is 5.43 Å². The van der Waals surface area contributed by atoms with Crippen molar-refractivity contribution in [3.05, 3.63) is 28.2 Å². The molecule has 70 valence electrons. The molecule has 1 aromatic rings. The van der Waals surface area contributed by atoms with E-state index in [1.54, 1.807) is 0 Å². The second-order valence-corrected chi connectivity index (χ2v) is 3.43. The number of hydrazine groups is 1. The lowest BCUT2D eigenvalue weighted by Gasteiger charge is -2.01. The summed E-state index contributed by atoms with van der Waals surface area (Å²) in [7, 11) is 0. The van der Waals surface area contributed by atoms with Crippen LogP contribution in [0.1, 0.15) is 5.56 Å². The van der Waals surface area contributed by atoms with Gasteiger partial charge in [0, 0.05) is 4.47 Å². The molecule has 5 heteroatoms. The molecule has 0 saturated carbocycles. The van der Waals surface area contributed by atoms with Gasteiger partial charge in [0.05, 0.1) is 5.69 Å². The fraction of sp³-hybridized carbons (Fsp3) is 0.125. The average Bonchev–Trinajstić information content (AvgIpc) is 2.11. The monoisotopic (exact) mass is 242 g/mol. The predicted octanol–water partition coefficient (Wildman–Crippen LogP) is 1.17. The van der Waals surface area contributed by atoms with Gasteiger partial charge in [0.2, 0.25) is 5.96 Å². The van der Waals surface area contributed by atoms with E-state index in [0.717, 1.165) is 15.7 Å². The van der Waals surface area contributed by atoms with Crippen LogP contribution < -0.4 is 17.0 Å². The highest BCUT2D eigenvalue weighted by Crippen LogP contribution is 2.22. The molecule has 0 amide bonds. The van der Waals surface area contributed by atoms with Gasteiger partial charge in [-0.25, -0.2) is 10.8 Å². The van der Waals surface area contributed by atoms with Gasteiger partial charge in [-0.15, -0.1) is 0 Å². The van der Waals surface area contributed by atoms with Gasteiger partial charge in [0.1, 0.15) is 0 Å². The predicted molar refractivity (Wildman–Crippen MR) is 57.5 cm³/mol. The molecule has 5 N–H and O–H groups in total. The number of rotatable bonds is 1. The smallest absolute Gasteiger partial charge is 0.208 e. The number of benzene rings is 1. The molecular formula is C8H11BrN4. The number of aliphatic imine (C=N–C) groups is 1. The Morgan fingerprint density at radius 1 is 1.54 bits per heavy atom. The van der Waals surface area contributed by atoms with E-state index >= 15 is 0 Å². The van der Waals surface area contributed by atoms with Gasteiger partial charge in [0.25, 0.3) is 0 Å². The van der Waals surface area contributed by atoms with Gasteiger partial charge < -0.3 is 5.73 Å². The van der Waals surface area contributed by atoms with E-state index in [9.17, 15) is 0 Å². The Bertz CT molecular complexity index is 335. The highest BCUT2D eigenvalue weighted by atomic mass is 79.9. The lowest BCUT2D eigenvalue weighted by molar-refractivity contribution is 1.01. The van der Waals surface area contributed by atoms with E-state index < -0.39 is 0 Å². The Hall–Kier alpha value is -1.07. The maximum Gasteiger partial charge on any atom is 0.208 e. The van der Waals surface area contributed by atoms with E-state index in [4.69, 9.17) is 11.6 Å². The first-order chi connectivity index (χ1) is 6.13. The van der Waals surface area contributed by atoms with Crippen molar-refractivity contribution in [2.45, 2.75) is 6.92 Å². The summed E-state index contributed by atoms with van der Waals surface area (Å²) in [5, 5.41) is 0. The van der Waals surface area contributed by atoms with Crippen LogP contribution in [-0.4, -0.2) is 5.96 Å². The number of nitrogens with one attached hydrogen (secondary N) is 1. The summed E-state index contributed by atoms with van der Waals surface area (Å²) in [6.07, 6.45) is 0. The topological polar surface area (TPSA) is 76.4 Å². The van der Waals surface area contributed by atoms with E-state index in [2.05, 4.69) is 26.3 Å². The van der Waals surface area contributed by atoms with Crippen LogP contribution in [0.5, 0.6) is 0 Å². The van der Waals surface area contributed by atoms with Gasteiger partial charge in [-0.1, -0.05) is 22.0 Å². The maximum atomic E-state index is 5.39. The highest BCUT2D eigenvalue weighted by molar-refractivity contribution is 9.10. The van der Waals surface area contributed by atoms with Crippen LogP contribution in [0.2, 0.25) is 0 Å². The van der Waals surface area contributed by atoms with Crippen molar-refractivity contribution < 1.29 is 0 Å². The van der Waals surface area contributed by atoms with Crippen molar-refractivity contribution in [3.63, 3.8) is 0 Å². The van der Waals surface area contributed by atoms with Gasteiger partial charge in [-0.05, 0) is 24.6 Å². The molecule has 1 rings (SSSR count). The third-order valence-corrected chi connectivity index (χ3v) is 2.41. The van der Waals surface area contributed by atoms with E-state index in [1.807, 2.05) is 25.1 Å². The molecule has 0 aliphatic carbocycles. The largest absolute Gasteiger partial charge is 0.369 e. The number of halogens is 1. The second-order valence-electron chi connectivity index (χ2n) is 2.57. The van der Waals surface area contributed by atoms with Crippen molar-refractivity contribution in [2.75, 3.05) is 0 Å². The molecule has 13 heavy (non-hydrogen) atoms. The Morgan fingerprint density at radius 2 is 2.23 bits per heavy atom. The average molecular weight is 243 g/mol. The Kier molecular flexibility index (Phi) is 3.27. The molecule has 0 aliphatic rings. The van der Waals surface area contributed by atoms with Gasteiger partial charge in [0.15, 0.2) is 0 Å². The van der Waals surface area contributed by atoms with E-state index in [-0.39, 0.29) is 5.96 Å². The minimum atomic E-state index is 0.191. The molecule has 0 saturated heterocycles. The van der Waals surface area contributed by atoms with E-state index in [0.29, 0.717) is 0 Å². The molecule has 0 radical (unpaired) electrons. The summed E-state index contributed by atoms with van der Waals surface area (Å²) < 4.78 is 0.999. The molecule has 0 spiro atoms. The SMILES string of the molecule is Cc1ccc(N=C(N)NN)cc1Br. The third-order valence-electron chi connectivity index (χ3n) is 1.55. The van der Waals surface area contributed by atoms with Gasteiger partial charge in [-0.2, -0.15) is 0 Å². The minimum Gasteiger partial charge on any atom is -0.369 e. The fourth-order valence-electron chi connectivity index (χ4n) is 0.823.